The molecule has 2 rings (SSSR count). The van der Waals surface area contributed by atoms with E-state index in [1.165, 1.54) is 0 Å². The predicted molar refractivity (Wildman–Crippen MR) is 65.0 cm³/mol. The molecule has 18 heavy (non-hydrogen) atoms. The minimum Gasteiger partial charge on any atom is -0.481 e. The molecule has 0 aliphatic heterocycles. The Bertz CT molecular complexity index is 396. The number of aliphatic carboxylic acids is 1. The molecule has 4 atom stereocenters. The van der Waals surface area contributed by atoms with Crippen LogP contribution in [0.1, 0.15) is 27.2 Å². The molecule has 2 N–H and O–H groups in total. The number of carbonyl (C=O) groups is 2. The standard InChI is InChI=1S/C13H19NO4/c1-13(2,3)18-12(17)14-10-8-5-4-7(6-8)9(10)11(15)16/h4-5,7-10H,6H2,1-3H3,(H,14,17)(H,15,16)/t7-,8-,9+,10-/m1/s1. The van der Waals surface area contributed by atoms with Crippen LogP contribution in [0.3, 0.4) is 0 Å². The fourth-order valence-corrected chi connectivity index (χ4v) is 2.80. The summed E-state index contributed by atoms with van der Waals surface area (Å²) in [6, 6.07) is -0.354. The van der Waals surface area contributed by atoms with Crippen LogP contribution in [0.4, 0.5) is 4.79 Å². The van der Waals surface area contributed by atoms with Crippen molar-refractivity contribution in [2.75, 3.05) is 0 Å². The number of nitrogens with one attached hydrogen (secondary N) is 1. The van der Waals surface area contributed by atoms with Gasteiger partial charge in [0.25, 0.3) is 0 Å². The van der Waals surface area contributed by atoms with E-state index in [-0.39, 0.29) is 17.9 Å². The molecule has 0 aromatic heterocycles. The van der Waals surface area contributed by atoms with Crippen LogP contribution in [0, 0.1) is 17.8 Å². The van der Waals surface area contributed by atoms with Crippen LogP contribution >= 0.6 is 0 Å². The van der Waals surface area contributed by atoms with E-state index in [9.17, 15) is 14.7 Å². The number of fused-ring (bicyclic) bond motifs is 2. The van der Waals surface area contributed by atoms with Crippen molar-refractivity contribution in [3.8, 4) is 0 Å². The lowest BCUT2D eigenvalue weighted by molar-refractivity contribution is -0.143. The molecule has 0 spiro atoms. The Kier molecular flexibility index (Phi) is 3.09. The van der Waals surface area contributed by atoms with E-state index in [1.54, 1.807) is 20.8 Å². The zero-order chi connectivity index (χ0) is 13.5. The van der Waals surface area contributed by atoms with E-state index >= 15 is 0 Å². The largest absolute Gasteiger partial charge is 0.481 e. The topological polar surface area (TPSA) is 75.6 Å². The molecule has 0 radical (unpaired) electrons. The fraction of sp³-hybridized carbons (Fsp3) is 0.692. The van der Waals surface area contributed by atoms with Crippen LogP contribution in [-0.2, 0) is 9.53 Å². The SMILES string of the molecule is CC(C)(C)OC(=O)N[C@H]1[C@@H](C(=O)O)[C@@H]2C=C[C@@H]1C2. The predicted octanol–water partition coefficient (Wildman–Crippen LogP) is 1.79. The first-order valence-corrected chi connectivity index (χ1v) is 6.18. The van der Waals surface area contributed by atoms with Gasteiger partial charge in [0.1, 0.15) is 5.60 Å². The second kappa shape index (κ2) is 4.30. The maximum atomic E-state index is 11.7. The van der Waals surface area contributed by atoms with E-state index in [0.717, 1.165) is 6.42 Å². The highest BCUT2D eigenvalue weighted by atomic mass is 16.6. The quantitative estimate of drug-likeness (QED) is 0.736. The molecular formula is C13H19NO4. The highest BCUT2D eigenvalue weighted by molar-refractivity contribution is 5.75. The summed E-state index contributed by atoms with van der Waals surface area (Å²) in [4.78, 5) is 23.0. The fourth-order valence-electron chi connectivity index (χ4n) is 2.80. The monoisotopic (exact) mass is 253 g/mol. The number of amides is 1. The molecule has 0 unspecified atom stereocenters. The molecule has 1 fully saturated rings. The van der Waals surface area contributed by atoms with E-state index < -0.39 is 23.6 Å². The third kappa shape index (κ3) is 2.49. The van der Waals surface area contributed by atoms with Crippen molar-refractivity contribution in [3.63, 3.8) is 0 Å². The van der Waals surface area contributed by atoms with E-state index in [2.05, 4.69) is 5.32 Å². The number of hydrogen-bond acceptors (Lipinski definition) is 3. The average Bonchev–Trinajstić information content (AvgIpc) is 2.73. The summed E-state index contributed by atoms with van der Waals surface area (Å²) in [7, 11) is 0. The zero-order valence-corrected chi connectivity index (χ0v) is 10.8. The molecule has 2 aliphatic carbocycles. The first kappa shape index (κ1) is 12.9. The number of carboxylic acid groups (broad SMARTS) is 1. The van der Waals surface area contributed by atoms with Crippen molar-refractivity contribution < 1.29 is 19.4 Å². The molecule has 2 aliphatic rings. The van der Waals surface area contributed by atoms with Gasteiger partial charge in [0.05, 0.1) is 12.0 Å². The van der Waals surface area contributed by atoms with E-state index in [0.29, 0.717) is 0 Å². The molecule has 1 saturated carbocycles. The number of alkyl carbamates (subject to hydrolysis) is 1. The molecule has 0 aromatic carbocycles. The Morgan fingerprint density at radius 3 is 2.44 bits per heavy atom. The van der Waals surface area contributed by atoms with Gasteiger partial charge < -0.3 is 15.2 Å². The molecule has 5 nitrogen and oxygen atoms in total. The van der Waals surface area contributed by atoms with Gasteiger partial charge in [-0.2, -0.15) is 0 Å². The number of allylic oxidation sites excluding steroid dienone is 1. The first-order chi connectivity index (χ1) is 8.28. The molecule has 2 bridgehead atoms. The van der Waals surface area contributed by atoms with Crippen molar-refractivity contribution >= 4 is 12.1 Å². The van der Waals surface area contributed by atoms with Crippen LogP contribution in [0.25, 0.3) is 0 Å². The Morgan fingerprint density at radius 1 is 1.28 bits per heavy atom. The van der Waals surface area contributed by atoms with Gasteiger partial charge in [-0.25, -0.2) is 4.79 Å². The highest BCUT2D eigenvalue weighted by Gasteiger charge is 2.49. The average molecular weight is 253 g/mol. The van der Waals surface area contributed by atoms with Gasteiger partial charge in [0, 0.05) is 0 Å². The summed E-state index contributed by atoms with van der Waals surface area (Å²) in [6.07, 6.45) is 4.19. The van der Waals surface area contributed by atoms with Gasteiger partial charge in [-0.3, -0.25) is 4.79 Å². The normalized spacial score (nSPS) is 33.5. The van der Waals surface area contributed by atoms with Crippen molar-refractivity contribution in [1.29, 1.82) is 0 Å². The zero-order valence-electron chi connectivity index (χ0n) is 10.8. The number of hydrogen-bond donors (Lipinski definition) is 2. The Morgan fingerprint density at radius 2 is 1.89 bits per heavy atom. The molecule has 5 heteroatoms. The van der Waals surface area contributed by atoms with Crippen molar-refractivity contribution in [2.24, 2.45) is 17.8 Å². The van der Waals surface area contributed by atoms with Crippen molar-refractivity contribution in [3.05, 3.63) is 12.2 Å². The summed E-state index contributed by atoms with van der Waals surface area (Å²) >= 11 is 0. The highest BCUT2D eigenvalue weighted by Crippen LogP contribution is 2.43. The molecule has 100 valence electrons. The molecule has 0 saturated heterocycles. The number of ether oxygens (including phenoxy) is 1. The van der Waals surface area contributed by atoms with Crippen molar-refractivity contribution in [1.82, 2.24) is 5.32 Å². The van der Waals surface area contributed by atoms with Crippen LogP contribution in [-0.4, -0.2) is 28.8 Å². The van der Waals surface area contributed by atoms with E-state index in [1.807, 2.05) is 12.2 Å². The minimum atomic E-state index is -0.854. The molecule has 0 aromatic rings. The van der Waals surface area contributed by atoms with Gasteiger partial charge in [0.15, 0.2) is 0 Å². The Labute approximate surface area is 106 Å². The van der Waals surface area contributed by atoms with Crippen molar-refractivity contribution in [2.45, 2.75) is 38.8 Å². The van der Waals surface area contributed by atoms with Crippen LogP contribution < -0.4 is 5.32 Å². The minimum absolute atomic E-state index is 0.0347. The van der Waals surface area contributed by atoms with Crippen LogP contribution in [0.2, 0.25) is 0 Å². The third-order valence-electron chi connectivity index (χ3n) is 3.43. The summed E-state index contributed by atoms with van der Waals surface area (Å²) < 4.78 is 5.17. The lowest BCUT2D eigenvalue weighted by atomic mass is 9.89. The Balaban J connectivity index is 2.02. The maximum Gasteiger partial charge on any atom is 0.407 e. The number of carboxylic acids is 1. The van der Waals surface area contributed by atoms with Gasteiger partial charge >= 0.3 is 12.1 Å². The third-order valence-corrected chi connectivity index (χ3v) is 3.43. The maximum absolute atomic E-state index is 11.7. The molecular weight excluding hydrogens is 234 g/mol. The Hall–Kier alpha value is -1.52. The molecule has 1 amide bonds. The second-order valence-electron chi connectivity index (χ2n) is 5.98. The second-order valence-corrected chi connectivity index (χ2v) is 5.98. The number of rotatable bonds is 2. The lowest BCUT2D eigenvalue weighted by Gasteiger charge is -2.27. The molecule has 0 heterocycles. The van der Waals surface area contributed by atoms with Gasteiger partial charge in [0.2, 0.25) is 0 Å². The lowest BCUT2D eigenvalue weighted by Crippen LogP contribution is -2.47. The van der Waals surface area contributed by atoms with Gasteiger partial charge in [-0.05, 0) is 39.0 Å². The van der Waals surface area contributed by atoms with E-state index in [4.69, 9.17) is 4.74 Å². The number of carbonyl (C=O) groups excluding carboxylic acids is 1. The first-order valence-electron chi connectivity index (χ1n) is 6.18. The smallest absolute Gasteiger partial charge is 0.407 e. The van der Waals surface area contributed by atoms with Gasteiger partial charge in [-0.1, -0.05) is 12.2 Å². The summed E-state index contributed by atoms with van der Waals surface area (Å²) in [5.41, 5.74) is -0.573. The summed E-state index contributed by atoms with van der Waals surface area (Å²) in [5, 5.41) is 11.9. The van der Waals surface area contributed by atoms with Crippen LogP contribution in [0.15, 0.2) is 12.2 Å². The summed E-state index contributed by atoms with van der Waals surface area (Å²) in [6.45, 7) is 5.34. The summed E-state index contributed by atoms with van der Waals surface area (Å²) in [5.74, 6) is -1.24. The van der Waals surface area contributed by atoms with Crippen LogP contribution in [0.5, 0.6) is 0 Å². The van der Waals surface area contributed by atoms with Gasteiger partial charge in [-0.15, -0.1) is 0 Å².